The van der Waals surface area contributed by atoms with Gasteiger partial charge in [0, 0.05) is 23.8 Å². The molecule has 1 aromatic heterocycles. The van der Waals surface area contributed by atoms with Crippen LogP contribution in [0.25, 0.3) is 0 Å². The average Bonchev–Trinajstić information content (AvgIpc) is 2.40. The minimum absolute atomic E-state index is 0.00129. The topological polar surface area (TPSA) is 94.3 Å². The van der Waals surface area contributed by atoms with E-state index in [0.29, 0.717) is 17.6 Å². The van der Waals surface area contributed by atoms with Crippen molar-refractivity contribution in [1.82, 2.24) is 9.71 Å². The second-order valence-corrected chi connectivity index (χ2v) is 7.12. The average molecular weight is 350 g/mol. The molecule has 0 bridgehead atoms. The fourth-order valence-corrected chi connectivity index (χ4v) is 3.62. The van der Waals surface area contributed by atoms with Gasteiger partial charge in [-0.05, 0) is 40.8 Å². The Morgan fingerprint density at radius 3 is 3.05 bits per heavy atom. The van der Waals surface area contributed by atoms with Crippen molar-refractivity contribution in [2.45, 2.75) is 17.7 Å². The molecule has 1 aliphatic heterocycles. The number of hydrogen-bond donors (Lipinski definition) is 2. The molecule has 0 spiro atoms. The highest BCUT2D eigenvalue weighted by Gasteiger charge is 2.21. The number of hydrogen-bond acceptors (Lipinski definition) is 5. The van der Waals surface area contributed by atoms with Crippen molar-refractivity contribution in [3.63, 3.8) is 0 Å². The van der Waals surface area contributed by atoms with Gasteiger partial charge in [0.15, 0.2) is 0 Å². The van der Waals surface area contributed by atoms with Gasteiger partial charge in [-0.15, -0.1) is 0 Å². The number of nitrogens with two attached hydrogens (primary N) is 1. The van der Waals surface area contributed by atoms with Gasteiger partial charge in [-0.25, -0.2) is 18.1 Å². The van der Waals surface area contributed by atoms with Crippen molar-refractivity contribution >= 4 is 31.8 Å². The predicted octanol–water partition coefficient (Wildman–Crippen LogP) is 1.13. The smallest absolute Gasteiger partial charge is 0.244 e. The van der Waals surface area contributed by atoms with Gasteiger partial charge in [0.25, 0.3) is 0 Å². The number of nitrogens with zero attached hydrogens (tertiary/aromatic N) is 1. The zero-order chi connectivity index (χ0) is 13.9. The lowest BCUT2D eigenvalue weighted by molar-refractivity contribution is 0.0568. The van der Waals surface area contributed by atoms with Crippen LogP contribution in [0.3, 0.4) is 0 Å². The monoisotopic (exact) mass is 349 g/mol. The van der Waals surface area contributed by atoms with Crippen molar-refractivity contribution in [3.05, 3.63) is 16.7 Å². The molecule has 0 aliphatic carbocycles. The third-order valence-electron chi connectivity index (χ3n) is 2.95. The van der Waals surface area contributed by atoms with Crippen LogP contribution in [0.2, 0.25) is 0 Å². The van der Waals surface area contributed by atoms with Crippen LogP contribution in [0, 0.1) is 5.92 Å². The van der Waals surface area contributed by atoms with Crippen molar-refractivity contribution in [2.75, 3.05) is 25.5 Å². The molecule has 0 aromatic carbocycles. The van der Waals surface area contributed by atoms with Crippen LogP contribution in [-0.2, 0) is 14.8 Å². The number of rotatable bonds is 4. The molecule has 1 saturated heterocycles. The Hall–Kier alpha value is -0.700. The van der Waals surface area contributed by atoms with Crippen LogP contribution in [0.5, 0.6) is 0 Å². The summed E-state index contributed by atoms with van der Waals surface area (Å²) in [6.45, 7) is 1.70. The number of pyridine rings is 1. The number of anilines is 1. The molecule has 1 unspecified atom stereocenters. The predicted molar refractivity (Wildman–Crippen MR) is 75.1 cm³/mol. The summed E-state index contributed by atoms with van der Waals surface area (Å²) in [7, 11) is -3.64. The first-order valence-electron chi connectivity index (χ1n) is 5.97. The molecule has 2 rings (SSSR count). The quantitative estimate of drug-likeness (QED) is 0.849. The summed E-state index contributed by atoms with van der Waals surface area (Å²) in [6.07, 6.45) is 3.39. The second-order valence-electron chi connectivity index (χ2n) is 4.47. The molecule has 1 fully saturated rings. The SMILES string of the molecule is Nc1ncc(Br)cc1S(=O)(=O)NCC1CCCOC1. The van der Waals surface area contributed by atoms with Gasteiger partial charge in [-0.3, -0.25) is 0 Å². The largest absolute Gasteiger partial charge is 0.383 e. The minimum Gasteiger partial charge on any atom is -0.383 e. The lowest BCUT2D eigenvalue weighted by atomic mass is 10.0. The summed E-state index contributed by atoms with van der Waals surface area (Å²) < 4.78 is 32.8. The van der Waals surface area contributed by atoms with Crippen LogP contribution in [0.1, 0.15) is 12.8 Å². The van der Waals surface area contributed by atoms with Crippen LogP contribution in [0.4, 0.5) is 5.82 Å². The number of nitrogens with one attached hydrogen (secondary N) is 1. The number of sulfonamides is 1. The molecule has 0 amide bonds. The molecule has 0 radical (unpaired) electrons. The molecular formula is C11H16BrN3O3S. The Bertz CT molecular complexity index is 544. The van der Waals surface area contributed by atoms with E-state index in [1.165, 1.54) is 12.3 Å². The fourth-order valence-electron chi connectivity index (χ4n) is 1.92. The second kappa shape index (κ2) is 6.17. The maximum Gasteiger partial charge on any atom is 0.244 e. The van der Waals surface area contributed by atoms with E-state index in [-0.39, 0.29) is 16.6 Å². The molecular weight excluding hydrogens is 334 g/mol. The van der Waals surface area contributed by atoms with E-state index >= 15 is 0 Å². The normalized spacial score (nSPS) is 20.4. The van der Waals surface area contributed by atoms with Crippen molar-refractivity contribution in [2.24, 2.45) is 5.92 Å². The Morgan fingerprint density at radius 1 is 1.58 bits per heavy atom. The maximum atomic E-state index is 12.2. The number of aromatic nitrogens is 1. The van der Waals surface area contributed by atoms with Gasteiger partial charge in [-0.1, -0.05) is 0 Å². The highest BCUT2D eigenvalue weighted by atomic mass is 79.9. The molecule has 8 heteroatoms. The third kappa shape index (κ3) is 3.88. The lowest BCUT2D eigenvalue weighted by Crippen LogP contribution is -2.33. The Balaban J connectivity index is 2.07. The molecule has 1 atom stereocenters. The maximum absolute atomic E-state index is 12.2. The van der Waals surface area contributed by atoms with Crippen LogP contribution < -0.4 is 10.5 Å². The first kappa shape index (κ1) is 14.7. The minimum atomic E-state index is -3.64. The third-order valence-corrected chi connectivity index (χ3v) is 4.84. The molecule has 19 heavy (non-hydrogen) atoms. The zero-order valence-electron chi connectivity index (χ0n) is 10.3. The molecule has 2 heterocycles. The fraction of sp³-hybridized carbons (Fsp3) is 0.545. The summed E-state index contributed by atoms with van der Waals surface area (Å²) in [4.78, 5) is 3.83. The molecule has 0 saturated carbocycles. The Labute approximate surface area is 120 Å². The van der Waals surface area contributed by atoms with Crippen molar-refractivity contribution in [3.8, 4) is 0 Å². The van der Waals surface area contributed by atoms with Crippen molar-refractivity contribution < 1.29 is 13.2 Å². The van der Waals surface area contributed by atoms with Crippen LogP contribution in [0.15, 0.2) is 21.6 Å². The molecule has 1 aromatic rings. The lowest BCUT2D eigenvalue weighted by Gasteiger charge is -2.22. The molecule has 3 N–H and O–H groups in total. The highest BCUT2D eigenvalue weighted by molar-refractivity contribution is 9.10. The van der Waals surface area contributed by atoms with E-state index in [2.05, 4.69) is 25.6 Å². The van der Waals surface area contributed by atoms with Gasteiger partial charge in [0.05, 0.1) is 6.61 Å². The van der Waals surface area contributed by atoms with Crippen LogP contribution in [-0.4, -0.2) is 33.2 Å². The van der Waals surface area contributed by atoms with E-state index in [0.717, 1.165) is 19.4 Å². The van der Waals surface area contributed by atoms with E-state index in [1.807, 2.05) is 0 Å². The number of halogens is 1. The van der Waals surface area contributed by atoms with Gasteiger partial charge in [0.2, 0.25) is 10.0 Å². The first-order valence-corrected chi connectivity index (χ1v) is 8.25. The summed E-state index contributed by atoms with van der Waals surface area (Å²) >= 11 is 3.19. The van der Waals surface area contributed by atoms with Crippen molar-refractivity contribution in [1.29, 1.82) is 0 Å². The summed E-state index contributed by atoms with van der Waals surface area (Å²) in [5.74, 6) is 0.209. The summed E-state index contributed by atoms with van der Waals surface area (Å²) in [6, 6.07) is 1.45. The van der Waals surface area contributed by atoms with Gasteiger partial charge < -0.3 is 10.5 Å². The van der Waals surface area contributed by atoms with Gasteiger partial charge in [-0.2, -0.15) is 0 Å². The van der Waals surface area contributed by atoms with E-state index in [1.54, 1.807) is 0 Å². The van der Waals surface area contributed by atoms with Gasteiger partial charge >= 0.3 is 0 Å². The number of ether oxygens (including phenoxy) is 1. The molecule has 106 valence electrons. The molecule has 1 aliphatic rings. The van der Waals surface area contributed by atoms with E-state index < -0.39 is 10.0 Å². The Kier molecular flexibility index (Phi) is 4.77. The van der Waals surface area contributed by atoms with E-state index in [4.69, 9.17) is 10.5 Å². The highest BCUT2D eigenvalue weighted by Crippen LogP contribution is 2.21. The van der Waals surface area contributed by atoms with Crippen LogP contribution >= 0.6 is 15.9 Å². The zero-order valence-corrected chi connectivity index (χ0v) is 12.7. The van der Waals surface area contributed by atoms with E-state index in [9.17, 15) is 8.42 Å². The number of nitrogen functional groups attached to an aromatic ring is 1. The van der Waals surface area contributed by atoms with Gasteiger partial charge in [0.1, 0.15) is 10.7 Å². The summed E-state index contributed by atoms with van der Waals surface area (Å²) in [5, 5.41) is 0. The summed E-state index contributed by atoms with van der Waals surface area (Å²) in [5.41, 5.74) is 5.61. The first-order chi connectivity index (χ1) is 8.99. The Morgan fingerprint density at radius 2 is 2.37 bits per heavy atom. The standard InChI is InChI=1S/C11H16BrN3O3S/c12-9-4-10(11(13)14-6-9)19(16,17)15-5-8-2-1-3-18-7-8/h4,6,8,15H,1-3,5,7H2,(H2,13,14). The molecule has 6 nitrogen and oxygen atoms in total.